The van der Waals surface area contributed by atoms with Crippen molar-refractivity contribution in [3.8, 4) is 0 Å². The average Bonchev–Trinajstić information content (AvgIpc) is 2.76. The lowest BCUT2D eigenvalue weighted by Crippen LogP contribution is -2.13. The van der Waals surface area contributed by atoms with Gasteiger partial charge in [-0.1, -0.05) is 0 Å². The predicted octanol–water partition coefficient (Wildman–Crippen LogP) is 0.547. The number of rotatable bonds is 3. The third-order valence-electron chi connectivity index (χ3n) is 2.05. The molecule has 9 heteroatoms. The van der Waals surface area contributed by atoms with E-state index >= 15 is 0 Å². The van der Waals surface area contributed by atoms with Gasteiger partial charge >= 0.3 is 0 Å². The normalized spacial score (nSPS) is 10.0. The molecule has 0 saturated carbocycles. The molecule has 9 nitrogen and oxygen atoms in total. The Morgan fingerprint density at radius 2 is 2.06 bits per heavy atom. The van der Waals surface area contributed by atoms with Gasteiger partial charge in [-0.05, 0) is 12.1 Å². The van der Waals surface area contributed by atoms with Crippen molar-refractivity contribution in [2.45, 2.75) is 0 Å². The summed E-state index contributed by atoms with van der Waals surface area (Å²) in [4.78, 5) is 25.2. The number of nitrogen functional groups attached to an aromatic ring is 1. The summed E-state index contributed by atoms with van der Waals surface area (Å²) >= 11 is 0. The highest BCUT2D eigenvalue weighted by atomic mass is 16.6. The van der Waals surface area contributed by atoms with Crippen LogP contribution in [0.5, 0.6) is 0 Å². The van der Waals surface area contributed by atoms with Gasteiger partial charge in [0.15, 0.2) is 0 Å². The van der Waals surface area contributed by atoms with Crippen molar-refractivity contribution in [2.24, 2.45) is 0 Å². The number of anilines is 2. The van der Waals surface area contributed by atoms with Crippen LogP contribution in [0.4, 0.5) is 17.3 Å². The van der Waals surface area contributed by atoms with E-state index in [4.69, 9.17) is 5.73 Å². The van der Waals surface area contributed by atoms with E-state index in [1.807, 2.05) is 0 Å². The number of aromatic nitrogens is 3. The molecule has 0 spiro atoms. The molecule has 2 rings (SSSR count). The Morgan fingerprint density at radius 3 is 2.56 bits per heavy atom. The molecular weight excluding hydrogens is 240 g/mol. The minimum Gasteiger partial charge on any atom is -0.366 e. The number of benzene rings is 1. The Bertz CT molecular complexity index is 591. The van der Waals surface area contributed by atoms with Crippen LogP contribution in [0.2, 0.25) is 0 Å². The number of carbonyl (C=O) groups excluding carboxylic acids is 1. The maximum Gasteiger partial charge on any atom is 0.293 e. The van der Waals surface area contributed by atoms with Crippen LogP contribution in [0.3, 0.4) is 0 Å². The Kier molecular flexibility index (Phi) is 2.87. The van der Waals surface area contributed by atoms with E-state index in [9.17, 15) is 14.9 Å². The zero-order valence-corrected chi connectivity index (χ0v) is 8.95. The standard InChI is InChI=1S/C9H8N6O3/c10-9-12-7(13-14-9)8(16)11-5-1-3-6(4-2-5)15(17)18/h1-4H,(H,11,16)(H3,10,12,13,14). The first kappa shape index (κ1) is 11.5. The van der Waals surface area contributed by atoms with Gasteiger partial charge in [0.25, 0.3) is 11.6 Å². The molecule has 18 heavy (non-hydrogen) atoms. The number of non-ortho nitro benzene ring substituents is 1. The van der Waals surface area contributed by atoms with Gasteiger partial charge in [0, 0.05) is 17.8 Å². The van der Waals surface area contributed by atoms with Gasteiger partial charge < -0.3 is 11.1 Å². The van der Waals surface area contributed by atoms with Crippen LogP contribution in [0, 0.1) is 10.1 Å². The van der Waals surface area contributed by atoms with Crippen molar-refractivity contribution < 1.29 is 9.72 Å². The number of nitrogens with two attached hydrogens (primary N) is 1. The average molecular weight is 248 g/mol. The largest absolute Gasteiger partial charge is 0.366 e. The molecule has 1 amide bonds. The lowest BCUT2D eigenvalue weighted by molar-refractivity contribution is -0.384. The maximum atomic E-state index is 11.6. The SMILES string of the molecule is Nc1n[nH]c(C(=O)Nc2ccc([N+](=O)[O-])cc2)n1. The third-order valence-corrected chi connectivity index (χ3v) is 2.05. The summed E-state index contributed by atoms with van der Waals surface area (Å²) in [5.41, 5.74) is 5.60. The number of carbonyl (C=O) groups is 1. The molecule has 2 aromatic rings. The molecule has 0 aliphatic heterocycles. The molecule has 0 atom stereocenters. The molecule has 1 heterocycles. The van der Waals surface area contributed by atoms with Gasteiger partial charge in [0.1, 0.15) is 0 Å². The zero-order chi connectivity index (χ0) is 13.1. The van der Waals surface area contributed by atoms with Crippen LogP contribution in [-0.2, 0) is 0 Å². The fourth-order valence-electron chi connectivity index (χ4n) is 1.23. The second-order valence-corrected chi connectivity index (χ2v) is 3.30. The van der Waals surface area contributed by atoms with E-state index in [2.05, 4.69) is 20.5 Å². The van der Waals surface area contributed by atoms with Gasteiger partial charge in [-0.15, -0.1) is 5.10 Å². The minimum atomic E-state index is -0.534. The summed E-state index contributed by atoms with van der Waals surface area (Å²) in [6, 6.07) is 5.39. The van der Waals surface area contributed by atoms with Crippen LogP contribution >= 0.6 is 0 Å². The highest BCUT2D eigenvalue weighted by Gasteiger charge is 2.11. The van der Waals surface area contributed by atoms with Gasteiger partial charge in [-0.3, -0.25) is 20.0 Å². The van der Waals surface area contributed by atoms with Crippen molar-refractivity contribution in [1.82, 2.24) is 15.2 Å². The molecule has 0 radical (unpaired) electrons. The van der Waals surface area contributed by atoms with Crippen molar-refractivity contribution in [2.75, 3.05) is 11.1 Å². The number of nitro benzene ring substituents is 1. The third kappa shape index (κ3) is 2.40. The quantitative estimate of drug-likeness (QED) is 0.535. The fourth-order valence-corrected chi connectivity index (χ4v) is 1.23. The van der Waals surface area contributed by atoms with E-state index in [1.54, 1.807) is 0 Å². The van der Waals surface area contributed by atoms with Crippen molar-refractivity contribution in [3.63, 3.8) is 0 Å². The molecule has 0 aliphatic rings. The summed E-state index contributed by atoms with van der Waals surface area (Å²) in [6.45, 7) is 0. The van der Waals surface area contributed by atoms with Crippen LogP contribution < -0.4 is 11.1 Å². The fraction of sp³-hybridized carbons (Fsp3) is 0. The van der Waals surface area contributed by atoms with E-state index in [0.29, 0.717) is 5.69 Å². The van der Waals surface area contributed by atoms with Crippen LogP contribution in [0.1, 0.15) is 10.6 Å². The van der Waals surface area contributed by atoms with Gasteiger partial charge in [-0.25, -0.2) is 0 Å². The Balaban J connectivity index is 2.10. The molecule has 0 unspecified atom stereocenters. The van der Waals surface area contributed by atoms with Crippen molar-refractivity contribution in [3.05, 3.63) is 40.2 Å². The molecule has 0 saturated heterocycles. The Morgan fingerprint density at radius 1 is 1.39 bits per heavy atom. The second kappa shape index (κ2) is 4.49. The number of hydrogen-bond acceptors (Lipinski definition) is 6. The summed E-state index contributed by atoms with van der Waals surface area (Å²) in [5, 5.41) is 18.8. The van der Waals surface area contributed by atoms with Crippen LogP contribution in [0.25, 0.3) is 0 Å². The van der Waals surface area contributed by atoms with Crippen LogP contribution in [-0.4, -0.2) is 26.0 Å². The number of nitrogens with zero attached hydrogens (tertiary/aromatic N) is 3. The number of H-pyrrole nitrogens is 1. The smallest absolute Gasteiger partial charge is 0.293 e. The zero-order valence-electron chi connectivity index (χ0n) is 8.95. The summed E-state index contributed by atoms with van der Waals surface area (Å²) < 4.78 is 0. The Hall–Kier alpha value is -2.97. The lowest BCUT2D eigenvalue weighted by atomic mass is 10.3. The number of nitrogens with one attached hydrogen (secondary N) is 2. The molecule has 0 bridgehead atoms. The number of amides is 1. The highest BCUT2D eigenvalue weighted by molar-refractivity contribution is 6.01. The number of hydrogen-bond donors (Lipinski definition) is 3. The molecule has 4 N–H and O–H groups in total. The van der Waals surface area contributed by atoms with E-state index in [-0.39, 0.29) is 17.5 Å². The lowest BCUT2D eigenvalue weighted by Gasteiger charge is -2.01. The molecule has 1 aromatic carbocycles. The summed E-state index contributed by atoms with van der Waals surface area (Å²) in [5.74, 6) is -0.609. The molecule has 92 valence electrons. The summed E-state index contributed by atoms with van der Waals surface area (Å²) in [6.07, 6.45) is 0. The van der Waals surface area contributed by atoms with Crippen molar-refractivity contribution >= 4 is 23.2 Å². The second-order valence-electron chi connectivity index (χ2n) is 3.30. The first-order valence-corrected chi connectivity index (χ1v) is 4.80. The van der Waals surface area contributed by atoms with E-state index in [0.717, 1.165) is 0 Å². The predicted molar refractivity (Wildman–Crippen MR) is 61.8 cm³/mol. The summed E-state index contributed by atoms with van der Waals surface area (Å²) in [7, 11) is 0. The van der Waals surface area contributed by atoms with Crippen molar-refractivity contribution in [1.29, 1.82) is 0 Å². The van der Waals surface area contributed by atoms with Crippen LogP contribution in [0.15, 0.2) is 24.3 Å². The highest BCUT2D eigenvalue weighted by Crippen LogP contribution is 2.15. The molecule has 0 fully saturated rings. The van der Waals surface area contributed by atoms with Gasteiger partial charge in [-0.2, -0.15) is 4.98 Å². The first-order chi connectivity index (χ1) is 8.56. The first-order valence-electron chi connectivity index (χ1n) is 4.80. The molecule has 1 aromatic heterocycles. The molecule has 0 aliphatic carbocycles. The number of nitro groups is 1. The number of aromatic amines is 1. The Labute approximate surface area is 100 Å². The van der Waals surface area contributed by atoms with E-state index < -0.39 is 10.8 Å². The molecular formula is C9H8N6O3. The topological polar surface area (TPSA) is 140 Å². The monoisotopic (exact) mass is 248 g/mol. The van der Waals surface area contributed by atoms with Gasteiger partial charge in [0.05, 0.1) is 4.92 Å². The maximum absolute atomic E-state index is 11.6. The van der Waals surface area contributed by atoms with Gasteiger partial charge in [0.2, 0.25) is 11.8 Å². The van der Waals surface area contributed by atoms with E-state index in [1.165, 1.54) is 24.3 Å². The minimum absolute atomic E-state index is 0.0362.